The van der Waals surface area contributed by atoms with E-state index >= 15 is 0 Å². The van der Waals surface area contributed by atoms with Crippen molar-refractivity contribution in [2.75, 3.05) is 40.9 Å². The van der Waals surface area contributed by atoms with Gasteiger partial charge in [-0.2, -0.15) is 0 Å². The van der Waals surface area contributed by atoms with Crippen molar-refractivity contribution in [1.29, 1.82) is 0 Å². The molecule has 3 unspecified atom stereocenters. The monoisotopic (exact) mass is 1190 g/mol. The summed E-state index contributed by atoms with van der Waals surface area (Å²) in [4.78, 5) is 23.4. The fourth-order valence-electron chi connectivity index (χ4n) is 11.1. The Hall–Kier alpha value is -1.54. The Labute approximate surface area is 518 Å². The topological polar surface area (TPSA) is 105 Å². The van der Waals surface area contributed by atoms with E-state index in [-0.39, 0.29) is 19.1 Å². The van der Waals surface area contributed by atoms with Crippen LogP contribution in [0.5, 0.6) is 0 Å². The van der Waals surface area contributed by atoms with Crippen molar-refractivity contribution in [2.24, 2.45) is 0 Å². The van der Waals surface area contributed by atoms with Crippen LogP contribution in [0.25, 0.3) is 0 Å². The van der Waals surface area contributed by atoms with Gasteiger partial charge in [-0.25, -0.2) is 4.57 Å². The molecule has 0 aliphatic heterocycles. The normalized spacial score (nSPS) is 13.9. The molecule has 0 saturated heterocycles. The molecule has 0 aliphatic rings. The van der Waals surface area contributed by atoms with Gasteiger partial charge in [0.05, 0.1) is 39.9 Å². The van der Waals surface area contributed by atoms with Gasteiger partial charge in [-0.3, -0.25) is 13.8 Å². The van der Waals surface area contributed by atoms with Crippen LogP contribution in [0.3, 0.4) is 0 Å². The summed E-state index contributed by atoms with van der Waals surface area (Å²) in [6.45, 7) is 4.85. The summed E-state index contributed by atoms with van der Waals surface area (Å²) in [5, 5.41) is 14.0. The summed E-state index contributed by atoms with van der Waals surface area (Å²) in [7, 11) is 1.57. The van der Waals surface area contributed by atoms with Crippen LogP contribution in [0.1, 0.15) is 367 Å². The Morgan fingerprint density at radius 2 is 0.699 bits per heavy atom. The van der Waals surface area contributed by atoms with Crippen LogP contribution in [0, 0.1) is 0 Å². The standard InChI is InChI=1S/C74H143N2O6P/c1-6-8-10-12-14-16-18-20-22-24-26-28-30-31-32-33-34-35-36-37-38-39-40-41-42-43-44-45-46-48-50-52-54-56-58-60-62-64-66-68-74(78)75-72(71-82-83(79,80)81-70-69-76(3,4)5)73(77)67-65-63-61-59-57-55-53-51-49-47-29-27-25-23-21-19-17-15-13-11-9-7-2/h34-35,37-38,57,59,65,67,72-73,77H,6-33,36,39-56,58,60-64,66,68-71H2,1-5H3,(H-,75,78,79,80)/p+1/b35-34-,38-37-,59-57+,67-65+. The Morgan fingerprint density at radius 3 is 1.04 bits per heavy atom. The molecule has 0 spiro atoms. The molecule has 1 amide bonds. The average Bonchev–Trinajstić information content (AvgIpc) is 3.50. The molecule has 83 heavy (non-hydrogen) atoms. The maximum absolute atomic E-state index is 13.0. The average molecular weight is 1190 g/mol. The van der Waals surface area contributed by atoms with Crippen LogP contribution >= 0.6 is 7.82 Å². The molecule has 0 saturated carbocycles. The van der Waals surface area contributed by atoms with E-state index in [2.05, 4.69) is 55.6 Å². The number of allylic oxidation sites excluding steroid dienone is 7. The number of carbonyl (C=O) groups excluding carboxylic acids is 1. The highest BCUT2D eigenvalue weighted by Crippen LogP contribution is 2.43. The van der Waals surface area contributed by atoms with Gasteiger partial charge in [0.1, 0.15) is 13.2 Å². The summed E-state index contributed by atoms with van der Waals surface area (Å²) in [6.07, 6.45) is 88.6. The lowest BCUT2D eigenvalue weighted by Gasteiger charge is -2.25. The molecule has 490 valence electrons. The number of nitrogens with one attached hydrogen (secondary N) is 1. The van der Waals surface area contributed by atoms with Crippen molar-refractivity contribution >= 4 is 13.7 Å². The van der Waals surface area contributed by atoms with Gasteiger partial charge in [-0.15, -0.1) is 0 Å². The van der Waals surface area contributed by atoms with E-state index in [1.807, 2.05) is 27.2 Å². The SMILES string of the molecule is CCCCCCCCCCCCCCCCC/C=C\C/C=C\CCCCCCCCCCCCCCCCCCCC(=O)NC(COP(=O)(O)OCC[N+](C)(C)C)C(O)/C=C/CC/C=C/CCCCCCCCCCCCCCCCCC. The third-order valence-corrected chi connectivity index (χ3v) is 17.8. The van der Waals surface area contributed by atoms with E-state index in [0.717, 1.165) is 44.9 Å². The molecular formula is C74H144N2O6P+. The minimum atomic E-state index is -4.36. The molecule has 0 heterocycles. The Balaban J connectivity index is 3.99. The highest BCUT2D eigenvalue weighted by molar-refractivity contribution is 7.47. The van der Waals surface area contributed by atoms with Crippen LogP contribution < -0.4 is 5.32 Å². The minimum Gasteiger partial charge on any atom is -0.387 e. The number of carbonyl (C=O) groups is 1. The highest BCUT2D eigenvalue weighted by atomic mass is 31.2. The van der Waals surface area contributed by atoms with E-state index in [4.69, 9.17) is 9.05 Å². The molecule has 3 N–H and O–H groups in total. The van der Waals surface area contributed by atoms with Crippen LogP contribution in [-0.2, 0) is 18.4 Å². The second-order valence-corrected chi connectivity index (χ2v) is 27.8. The highest BCUT2D eigenvalue weighted by Gasteiger charge is 2.28. The Kier molecular flexibility index (Phi) is 63.7. The molecule has 0 bridgehead atoms. The first-order valence-electron chi connectivity index (χ1n) is 36.5. The quantitative estimate of drug-likeness (QED) is 0.0243. The second kappa shape index (κ2) is 64.9. The van der Waals surface area contributed by atoms with Crippen LogP contribution in [0.15, 0.2) is 48.6 Å². The summed E-state index contributed by atoms with van der Waals surface area (Å²) >= 11 is 0. The minimum absolute atomic E-state index is 0.0568. The van der Waals surface area contributed by atoms with Gasteiger partial charge in [0, 0.05) is 6.42 Å². The van der Waals surface area contributed by atoms with E-state index in [0.29, 0.717) is 17.4 Å². The van der Waals surface area contributed by atoms with Crippen molar-refractivity contribution in [2.45, 2.75) is 379 Å². The smallest absolute Gasteiger partial charge is 0.387 e. The van der Waals surface area contributed by atoms with Gasteiger partial charge in [0.2, 0.25) is 5.91 Å². The number of unbranched alkanes of at least 4 members (excludes halogenated alkanes) is 49. The Morgan fingerprint density at radius 1 is 0.410 bits per heavy atom. The molecule has 0 aromatic rings. The molecule has 9 heteroatoms. The number of phosphoric acid groups is 1. The van der Waals surface area contributed by atoms with E-state index < -0.39 is 20.0 Å². The lowest BCUT2D eigenvalue weighted by atomic mass is 10.0. The van der Waals surface area contributed by atoms with Gasteiger partial charge < -0.3 is 19.8 Å². The number of hydrogen-bond acceptors (Lipinski definition) is 5. The van der Waals surface area contributed by atoms with Gasteiger partial charge in [0.15, 0.2) is 0 Å². The molecular weight excluding hydrogens is 1040 g/mol. The zero-order chi connectivity index (χ0) is 60.5. The summed E-state index contributed by atoms with van der Waals surface area (Å²) < 4.78 is 23.8. The molecule has 0 aromatic heterocycles. The molecule has 0 aliphatic carbocycles. The third kappa shape index (κ3) is 67.8. The summed E-state index contributed by atoms with van der Waals surface area (Å²) in [6, 6.07) is -0.865. The fraction of sp³-hybridized carbons (Fsp3) is 0.878. The third-order valence-electron chi connectivity index (χ3n) is 16.8. The van der Waals surface area contributed by atoms with Crippen molar-refractivity contribution in [3.8, 4) is 0 Å². The van der Waals surface area contributed by atoms with Crippen LogP contribution in [-0.4, -0.2) is 73.4 Å². The Bertz CT molecular complexity index is 1490. The number of phosphoric ester groups is 1. The fourth-order valence-corrected chi connectivity index (χ4v) is 11.8. The lowest BCUT2D eigenvalue weighted by molar-refractivity contribution is -0.870. The van der Waals surface area contributed by atoms with E-state index in [1.165, 1.54) is 302 Å². The van der Waals surface area contributed by atoms with E-state index in [9.17, 15) is 19.4 Å². The molecule has 0 aromatic carbocycles. The van der Waals surface area contributed by atoms with Gasteiger partial charge >= 0.3 is 7.82 Å². The number of amides is 1. The molecule has 0 fully saturated rings. The van der Waals surface area contributed by atoms with Gasteiger partial charge in [-0.1, -0.05) is 345 Å². The summed E-state index contributed by atoms with van der Waals surface area (Å²) in [5.41, 5.74) is 0. The molecule has 0 radical (unpaired) electrons. The first-order chi connectivity index (χ1) is 40.5. The van der Waals surface area contributed by atoms with Crippen molar-refractivity contribution in [3.63, 3.8) is 0 Å². The largest absolute Gasteiger partial charge is 0.472 e. The van der Waals surface area contributed by atoms with E-state index in [1.54, 1.807) is 6.08 Å². The number of aliphatic hydroxyl groups excluding tert-OH is 1. The molecule has 3 atom stereocenters. The van der Waals surface area contributed by atoms with Gasteiger partial charge in [0.25, 0.3) is 0 Å². The predicted molar refractivity (Wildman–Crippen MR) is 364 cm³/mol. The number of likely N-dealkylation sites (N-methyl/N-ethyl adjacent to an activating group) is 1. The maximum Gasteiger partial charge on any atom is 0.472 e. The van der Waals surface area contributed by atoms with Crippen molar-refractivity contribution in [1.82, 2.24) is 5.32 Å². The van der Waals surface area contributed by atoms with Crippen molar-refractivity contribution < 1.29 is 32.9 Å². The molecule has 8 nitrogen and oxygen atoms in total. The van der Waals surface area contributed by atoms with Crippen LogP contribution in [0.2, 0.25) is 0 Å². The first-order valence-corrected chi connectivity index (χ1v) is 38.0. The zero-order valence-electron chi connectivity index (χ0n) is 56.2. The second-order valence-electron chi connectivity index (χ2n) is 26.3. The lowest BCUT2D eigenvalue weighted by Crippen LogP contribution is -2.45. The predicted octanol–water partition coefficient (Wildman–Crippen LogP) is 23.4. The first kappa shape index (κ1) is 81.5. The molecule has 0 rings (SSSR count). The number of aliphatic hydroxyl groups is 1. The van der Waals surface area contributed by atoms with Gasteiger partial charge in [-0.05, 0) is 64.2 Å². The zero-order valence-corrected chi connectivity index (χ0v) is 57.1. The van der Waals surface area contributed by atoms with Crippen LogP contribution in [0.4, 0.5) is 0 Å². The number of nitrogens with zero attached hydrogens (tertiary/aromatic N) is 1. The maximum atomic E-state index is 13.0. The number of quaternary nitrogens is 1. The number of rotatable bonds is 68. The summed E-state index contributed by atoms with van der Waals surface area (Å²) in [5.74, 6) is -0.181. The number of hydrogen-bond donors (Lipinski definition) is 3. The van der Waals surface area contributed by atoms with Crippen molar-refractivity contribution in [3.05, 3.63) is 48.6 Å².